The van der Waals surface area contributed by atoms with Gasteiger partial charge in [0.25, 0.3) is 11.8 Å². The van der Waals surface area contributed by atoms with Crippen molar-refractivity contribution in [1.29, 1.82) is 0 Å². The van der Waals surface area contributed by atoms with Gasteiger partial charge in [0.2, 0.25) is 5.95 Å². The Bertz CT molecular complexity index is 1430. The van der Waals surface area contributed by atoms with Crippen molar-refractivity contribution >= 4 is 28.8 Å². The molecule has 2 aromatic heterocycles. The van der Waals surface area contributed by atoms with Crippen molar-refractivity contribution in [3.8, 4) is 17.2 Å². The summed E-state index contributed by atoms with van der Waals surface area (Å²) in [5.41, 5.74) is 1.05. The molecule has 4 aromatic rings. The van der Waals surface area contributed by atoms with Gasteiger partial charge >= 0.3 is 6.36 Å². The molecule has 0 aliphatic heterocycles. The van der Waals surface area contributed by atoms with Crippen molar-refractivity contribution in [3.63, 3.8) is 0 Å². The first-order valence-electron chi connectivity index (χ1n) is 10.2. The Kier molecular flexibility index (Phi) is 6.63. The monoisotopic (exact) mass is 498 g/mol. The lowest BCUT2D eigenvalue weighted by atomic mass is 10.2. The number of nitrogens with one attached hydrogen (secondary N) is 1. The lowest BCUT2D eigenvalue weighted by molar-refractivity contribution is -0.274. The molecule has 2 aromatic carbocycles. The Morgan fingerprint density at radius 2 is 1.58 bits per heavy atom. The van der Waals surface area contributed by atoms with Crippen LogP contribution in [0.5, 0.6) is 17.2 Å². The SMILES string of the molecule is CN(C)C(=O)c1cc(Oc2ccc3nnc(NC(=O)c4ccc(OC(F)(F)F)cc4)nc3c2)ccn1. The zero-order valence-electron chi connectivity index (χ0n) is 18.8. The third kappa shape index (κ3) is 6.00. The van der Waals surface area contributed by atoms with Crippen LogP contribution in [0, 0.1) is 0 Å². The van der Waals surface area contributed by atoms with E-state index in [1.165, 1.54) is 29.3 Å². The number of carbonyl (C=O) groups is 2. The van der Waals surface area contributed by atoms with Crippen molar-refractivity contribution < 1.29 is 32.2 Å². The van der Waals surface area contributed by atoms with E-state index in [0.717, 1.165) is 12.1 Å². The molecule has 10 nitrogen and oxygen atoms in total. The van der Waals surface area contributed by atoms with E-state index < -0.39 is 18.0 Å². The third-order valence-corrected chi connectivity index (χ3v) is 4.59. The minimum Gasteiger partial charge on any atom is -0.457 e. The summed E-state index contributed by atoms with van der Waals surface area (Å²) in [6.45, 7) is 0. The number of rotatable bonds is 6. The number of hydrogen-bond donors (Lipinski definition) is 1. The summed E-state index contributed by atoms with van der Waals surface area (Å²) in [7, 11) is 3.22. The minimum atomic E-state index is -4.83. The zero-order valence-corrected chi connectivity index (χ0v) is 18.8. The fourth-order valence-corrected chi connectivity index (χ4v) is 2.97. The molecule has 0 atom stereocenters. The molecule has 2 heterocycles. The number of hydrogen-bond acceptors (Lipinski definition) is 8. The maximum atomic E-state index is 12.4. The number of pyridine rings is 1. The van der Waals surface area contributed by atoms with Gasteiger partial charge in [-0.3, -0.25) is 19.9 Å². The van der Waals surface area contributed by atoms with Gasteiger partial charge in [0.05, 0.1) is 5.52 Å². The van der Waals surface area contributed by atoms with E-state index in [0.29, 0.717) is 22.5 Å². The molecule has 0 spiro atoms. The number of ether oxygens (including phenoxy) is 2. The Labute approximate surface area is 201 Å². The first-order chi connectivity index (χ1) is 17.1. The number of halogens is 3. The van der Waals surface area contributed by atoms with Gasteiger partial charge in [-0.25, -0.2) is 4.98 Å². The van der Waals surface area contributed by atoms with Crippen LogP contribution >= 0.6 is 0 Å². The Hall–Kier alpha value is -4.81. The number of anilines is 1. The van der Waals surface area contributed by atoms with E-state index in [4.69, 9.17) is 4.74 Å². The molecule has 0 fully saturated rings. The fourth-order valence-electron chi connectivity index (χ4n) is 2.97. The number of alkyl halides is 3. The van der Waals surface area contributed by atoms with E-state index >= 15 is 0 Å². The number of fused-ring (bicyclic) bond motifs is 1. The largest absolute Gasteiger partial charge is 0.573 e. The molecule has 0 saturated heterocycles. The predicted molar refractivity (Wildman–Crippen MR) is 121 cm³/mol. The van der Waals surface area contributed by atoms with Gasteiger partial charge in [0, 0.05) is 38.0 Å². The van der Waals surface area contributed by atoms with Crippen LogP contribution in [-0.4, -0.2) is 57.3 Å². The molecular weight excluding hydrogens is 481 g/mol. The second-order valence-electron chi connectivity index (χ2n) is 7.49. The standard InChI is InChI=1S/C23H17F3N6O4/c1-32(2)21(34)19-12-16(9-10-27-19)35-15-7-8-17-18(11-15)28-22(31-30-17)29-20(33)13-3-5-14(6-4-13)36-23(24,25)26/h3-12H,1-2H3,(H,28,29,31,33). The van der Waals surface area contributed by atoms with Crippen LogP contribution in [0.1, 0.15) is 20.8 Å². The lowest BCUT2D eigenvalue weighted by Gasteiger charge is -2.11. The number of aromatic nitrogens is 4. The summed E-state index contributed by atoms with van der Waals surface area (Å²) in [5.74, 6) is -0.751. The summed E-state index contributed by atoms with van der Waals surface area (Å²) in [6, 6.07) is 12.3. The van der Waals surface area contributed by atoms with Gasteiger partial charge < -0.3 is 14.4 Å². The van der Waals surface area contributed by atoms with E-state index in [1.807, 2.05) is 0 Å². The molecule has 0 saturated carbocycles. The van der Waals surface area contributed by atoms with Gasteiger partial charge in [0.15, 0.2) is 0 Å². The third-order valence-electron chi connectivity index (χ3n) is 4.59. The zero-order chi connectivity index (χ0) is 25.9. The quantitative estimate of drug-likeness (QED) is 0.423. The van der Waals surface area contributed by atoms with Crippen LogP contribution in [0.15, 0.2) is 60.8 Å². The molecule has 2 amide bonds. The average Bonchev–Trinajstić information content (AvgIpc) is 2.83. The predicted octanol–water partition coefficient (Wildman–Crippen LogP) is 4.06. The van der Waals surface area contributed by atoms with Crippen LogP contribution < -0.4 is 14.8 Å². The summed E-state index contributed by atoms with van der Waals surface area (Å²) in [5, 5.41) is 10.3. The van der Waals surface area contributed by atoms with Gasteiger partial charge in [-0.15, -0.1) is 23.4 Å². The van der Waals surface area contributed by atoms with E-state index in [1.54, 1.807) is 38.4 Å². The summed E-state index contributed by atoms with van der Waals surface area (Å²) >= 11 is 0. The van der Waals surface area contributed by atoms with Gasteiger partial charge in [-0.1, -0.05) is 0 Å². The number of carbonyl (C=O) groups excluding carboxylic acids is 2. The maximum Gasteiger partial charge on any atom is 0.573 e. The second-order valence-corrected chi connectivity index (χ2v) is 7.49. The van der Waals surface area contributed by atoms with Crippen molar-refractivity contribution in [2.24, 2.45) is 0 Å². The molecule has 4 rings (SSSR count). The topological polar surface area (TPSA) is 119 Å². The molecule has 1 N–H and O–H groups in total. The van der Waals surface area contributed by atoms with Crippen molar-refractivity contribution in [1.82, 2.24) is 25.1 Å². The van der Waals surface area contributed by atoms with Crippen molar-refractivity contribution in [2.75, 3.05) is 19.4 Å². The fraction of sp³-hybridized carbons (Fsp3) is 0.130. The molecule has 0 aliphatic rings. The molecule has 0 unspecified atom stereocenters. The first-order valence-corrected chi connectivity index (χ1v) is 10.2. The van der Waals surface area contributed by atoms with E-state index in [9.17, 15) is 22.8 Å². The molecular formula is C23H17F3N6O4. The highest BCUT2D eigenvalue weighted by Gasteiger charge is 2.31. The van der Waals surface area contributed by atoms with Crippen LogP contribution in [-0.2, 0) is 0 Å². The summed E-state index contributed by atoms with van der Waals surface area (Å²) in [6.07, 6.45) is -3.38. The normalized spacial score (nSPS) is 11.1. The Morgan fingerprint density at radius 3 is 2.28 bits per heavy atom. The molecule has 13 heteroatoms. The minimum absolute atomic E-state index is 0.0612. The second kappa shape index (κ2) is 9.82. The highest BCUT2D eigenvalue weighted by molar-refractivity contribution is 6.03. The highest BCUT2D eigenvalue weighted by atomic mass is 19.4. The number of nitrogens with zero attached hydrogens (tertiary/aromatic N) is 5. The van der Waals surface area contributed by atoms with E-state index in [2.05, 4.69) is 30.2 Å². The Morgan fingerprint density at radius 1 is 0.889 bits per heavy atom. The number of amides is 2. The smallest absolute Gasteiger partial charge is 0.457 e. The molecule has 36 heavy (non-hydrogen) atoms. The first kappa shape index (κ1) is 24.3. The van der Waals surface area contributed by atoms with Gasteiger partial charge in [-0.2, -0.15) is 0 Å². The highest BCUT2D eigenvalue weighted by Crippen LogP contribution is 2.25. The van der Waals surface area contributed by atoms with E-state index in [-0.39, 0.29) is 23.1 Å². The number of benzene rings is 2. The summed E-state index contributed by atoms with van der Waals surface area (Å²) in [4.78, 5) is 34.2. The Balaban J connectivity index is 1.49. The van der Waals surface area contributed by atoms with Gasteiger partial charge in [0.1, 0.15) is 28.5 Å². The lowest BCUT2D eigenvalue weighted by Crippen LogP contribution is -2.22. The maximum absolute atomic E-state index is 12.4. The molecule has 184 valence electrons. The summed E-state index contributed by atoms with van der Waals surface area (Å²) < 4.78 is 46.5. The van der Waals surface area contributed by atoms with Crippen LogP contribution in [0.4, 0.5) is 19.1 Å². The van der Waals surface area contributed by atoms with Crippen LogP contribution in [0.25, 0.3) is 11.0 Å². The van der Waals surface area contributed by atoms with Crippen LogP contribution in [0.3, 0.4) is 0 Å². The van der Waals surface area contributed by atoms with Crippen molar-refractivity contribution in [3.05, 3.63) is 72.1 Å². The molecule has 0 bridgehead atoms. The van der Waals surface area contributed by atoms with Gasteiger partial charge in [-0.05, 0) is 42.5 Å². The average molecular weight is 498 g/mol. The molecule has 0 radical (unpaired) electrons. The van der Waals surface area contributed by atoms with Crippen LogP contribution in [0.2, 0.25) is 0 Å². The van der Waals surface area contributed by atoms with Crippen molar-refractivity contribution in [2.45, 2.75) is 6.36 Å². The molecule has 0 aliphatic carbocycles.